The molecule has 0 spiro atoms. The van der Waals surface area contributed by atoms with Gasteiger partial charge in [-0.15, -0.1) is 0 Å². The molecule has 30 heavy (non-hydrogen) atoms. The fourth-order valence-electron chi connectivity index (χ4n) is 4.34. The summed E-state index contributed by atoms with van der Waals surface area (Å²) in [6, 6.07) is 7.72. The third-order valence-corrected chi connectivity index (χ3v) is 5.88. The van der Waals surface area contributed by atoms with Gasteiger partial charge >= 0.3 is 0 Å². The number of anilines is 1. The van der Waals surface area contributed by atoms with Crippen LogP contribution in [0.3, 0.4) is 0 Å². The minimum Gasteiger partial charge on any atom is -0.494 e. The fraction of sp³-hybridized carbons (Fsp3) is 0.435. The van der Waals surface area contributed by atoms with Gasteiger partial charge in [-0.25, -0.2) is 4.68 Å². The second-order valence-corrected chi connectivity index (χ2v) is 8.02. The molecule has 0 aliphatic heterocycles. The number of fused-ring (bicyclic) bond motifs is 1. The van der Waals surface area contributed by atoms with E-state index in [2.05, 4.69) is 4.98 Å². The van der Waals surface area contributed by atoms with E-state index >= 15 is 0 Å². The second-order valence-electron chi connectivity index (χ2n) is 8.02. The average Bonchev–Trinajstić information content (AvgIpc) is 2.89. The lowest BCUT2D eigenvalue weighted by Gasteiger charge is -2.14. The summed E-state index contributed by atoms with van der Waals surface area (Å²) in [6.07, 6.45) is 9.09. The smallest absolute Gasteiger partial charge is 0.254 e. The predicted octanol–water partition coefficient (Wildman–Crippen LogP) is 4.15. The van der Waals surface area contributed by atoms with Crippen LogP contribution in [0, 0.1) is 5.92 Å². The maximum absolute atomic E-state index is 12.2. The third-order valence-electron chi connectivity index (χ3n) is 5.88. The summed E-state index contributed by atoms with van der Waals surface area (Å²) in [5.41, 5.74) is 14.3. The van der Waals surface area contributed by atoms with E-state index in [0.717, 1.165) is 22.2 Å². The van der Waals surface area contributed by atoms with Crippen molar-refractivity contribution in [3.05, 3.63) is 36.0 Å². The van der Waals surface area contributed by atoms with Crippen molar-refractivity contribution in [1.82, 2.24) is 14.8 Å². The van der Waals surface area contributed by atoms with Gasteiger partial charge in [-0.05, 0) is 43.9 Å². The molecule has 3 aromatic rings. The van der Waals surface area contributed by atoms with Crippen molar-refractivity contribution >= 4 is 22.6 Å². The number of carbonyl (C=O) groups is 1. The number of ether oxygens (including phenoxy) is 1. The molecule has 4 N–H and O–H groups in total. The minimum atomic E-state index is -0.568. The lowest BCUT2D eigenvalue weighted by atomic mass is 10.0. The molecule has 1 aromatic carbocycles. The number of nitrogens with zero attached hydrogens (tertiary/aromatic N) is 3. The van der Waals surface area contributed by atoms with Gasteiger partial charge in [-0.1, -0.05) is 25.7 Å². The van der Waals surface area contributed by atoms with E-state index in [9.17, 15) is 4.79 Å². The van der Waals surface area contributed by atoms with Gasteiger partial charge in [0, 0.05) is 29.8 Å². The van der Waals surface area contributed by atoms with Gasteiger partial charge in [0.15, 0.2) is 0 Å². The van der Waals surface area contributed by atoms with E-state index in [4.69, 9.17) is 21.3 Å². The molecule has 1 aliphatic carbocycles. The molecule has 4 rings (SSSR count). The van der Waals surface area contributed by atoms with Crippen LogP contribution < -0.4 is 16.2 Å². The van der Waals surface area contributed by atoms with Crippen molar-refractivity contribution in [1.29, 1.82) is 0 Å². The summed E-state index contributed by atoms with van der Waals surface area (Å²) in [4.78, 5) is 16.8. The van der Waals surface area contributed by atoms with E-state index in [0.29, 0.717) is 30.6 Å². The molecule has 1 fully saturated rings. The maximum atomic E-state index is 12.2. The highest BCUT2D eigenvalue weighted by Gasteiger charge is 2.24. The molecular weight excluding hydrogens is 378 g/mol. The molecule has 0 bridgehead atoms. The number of nitrogens with two attached hydrogens (primary N) is 2. The molecule has 2 heterocycles. The Hall–Kier alpha value is -3.09. The number of rotatable bonds is 6. The highest BCUT2D eigenvalue weighted by Crippen LogP contribution is 2.31. The fourth-order valence-corrected chi connectivity index (χ4v) is 4.34. The van der Waals surface area contributed by atoms with Crippen LogP contribution in [0.5, 0.6) is 5.75 Å². The molecular formula is C23H29N5O2. The molecule has 1 aliphatic rings. The van der Waals surface area contributed by atoms with Crippen molar-refractivity contribution < 1.29 is 9.53 Å². The van der Waals surface area contributed by atoms with Gasteiger partial charge in [-0.2, -0.15) is 5.10 Å². The Morgan fingerprint density at radius 1 is 1.20 bits per heavy atom. The van der Waals surface area contributed by atoms with Crippen LogP contribution in [0.4, 0.5) is 5.82 Å². The molecule has 0 radical (unpaired) electrons. The van der Waals surface area contributed by atoms with Gasteiger partial charge < -0.3 is 16.2 Å². The second kappa shape index (κ2) is 8.73. The predicted molar refractivity (Wildman–Crippen MR) is 118 cm³/mol. The summed E-state index contributed by atoms with van der Waals surface area (Å²) in [7, 11) is 0. The van der Waals surface area contributed by atoms with Crippen LogP contribution in [0.25, 0.3) is 22.2 Å². The molecule has 2 aromatic heterocycles. The van der Waals surface area contributed by atoms with Crippen LogP contribution in [-0.4, -0.2) is 27.3 Å². The summed E-state index contributed by atoms with van der Waals surface area (Å²) < 4.78 is 7.30. The Bertz CT molecular complexity index is 1050. The molecule has 1 saturated carbocycles. The largest absolute Gasteiger partial charge is 0.494 e. The van der Waals surface area contributed by atoms with Crippen molar-refractivity contribution in [2.75, 3.05) is 12.3 Å². The molecule has 1 amide bonds. The van der Waals surface area contributed by atoms with Gasteiger partial charge in [0.1, 0.15) is 22.8 Å². The number of amides is 1. The highest BCUT2D eigenvalue weighted by atomic mass is 16.5. The number of nitrogen functional groups attached to an aromatic ring is 1. The maximum Gasteiger partial charge on any atom is 0.254 e. The van der Waals surface area contributed by atoms with E-state index in [1.54, 1.807) is 10.9 Å². The van der Waals surface area contributed by atoms with Crippen molar-refractivity contribution in [3.8, 4) is 17.0 Å². The molecule has 7 heteroatoms. The zero-order valence-electron chi connectivity index (χ0n) is 17.4. The summed E-state index contributed by atoms with van der Waals surface area (Å²) in [5, 5.41) is 5.64. The van der Waals surface area contributed by atoms with Gasteiger partial charge in [0.2, 0.25) is 0 Å². The standard InChI is InChI=1S/C23H29N5O2/c1-2-30-18-10-9-16-11-17(13-26-19(16)12-18)21-20(23(25)29)22(24)28(27-21)14-15-7-5-3-4-6-8-15/h9-13,15H,2-8,14,24H2,1H3,(H2,25,29). The van der Waals surface area contributed by atoms with E-state index in [1.807, 2.05) is 31.2 Å². The third kappa shape index (κ3) is 4.10. The SMILES string of the molecule is CCOc1ccc2cc(-c3nn(CC4CCCCCC4)c(N)c3C(N)=O)cnc2c1. The molecule has 7 nitrogen and oxygen atoms in total. The Morgan fingerprint density at radius 3 is 2.67 bits per heavy atom. The topological polar surface area (TPSA) is 109 Å². The number of aromatic nitrogens is 3. The monoisotopic (exact) mass is 407 g/mol. The first kappa shape index (κ1) is 20.2. The summed E-state index contributed by atoms with van der Waals surface area (Å²) in [5.74, 6) is 1.07. The lowest BCUT2D eigenvalue weighted by Crippen LogP contribution is -2.16. The summed E-state index contributed by atoms with van der Waals surface area (Å²) >= 11 is 0. The molecule has 0 saturated heterocycles. The van der Waals surface area contributed by atoms with Crippen LogP contribution in [0.2, 0.25) is 0 Å². The first-order valence-electron chi connectivity index (χ1n) is 10.8. The first-order valence-corrected chi connectivity index (χ1v) is 10.8. The zero-order valence-corrected chi connectivity index (χ0v) is 17.4. The number of primary amides is 1. The Morgan fingerprint density at radius 2 is 1.97 bits per heavy atom. The van der Waals surface area contributed by atoms with Crippen molar-refractivity contribution in [2.45, 2.75) is 52.0 Å². The highest BCUT2D eigenvalue weighted by molar-refractivity contribution is 6.03. The Kier molecular flexibility index (Phi) is 5.88. The number of hydrogen-bond donors (Lipinski definition) is 2. The number of benzene rings is 1. The van der Waals surface area contributed by atoms with Crippen LogP contribution in [0.1, 0.15) is 55.8 Å². The number of pyridine rings is 1. The van der Waals surface area contributed by atoms with E-state index in [-0.39, 0.29) is 5.56 Å². The van der Waals surface area contributed by atoms with Crippen LogP contribution in [-0.2, 0) is 6.54 Å². The van der Waals surface area contributed by atoms with Crippen LogP contribution in [0.15, 0.2) is 30.5 Å². The Balaban J connectivity index is 1.70. The van der Waals surface area contributed by atoms with E-state index < -0.39 is 5.91 Å². The van der Waals surface area contributed by atoms with E-state index in [1.165, 1.54) is 38.5 Å². The molecule has 0 unspecified atom stereocenters. The molecule has 158 valence electrons. The number of carbonyl (C=O) groups excluding carboxylic acids is 1. The normalized spacial score (nSPS) is 15.2. The van der Waals surface area contributed by atoms with Gasteiger partial charge in [0.25, 0.3) is 5.91 Å². The minimum absolute atomic E-state index is 0.274. The quantitative estimate of drug-likeness (QED) is 0.597. The van der Waals surface area contributed by atoms with Crippen molar-refractivity contribution in [3.63, 3.8) is 0 Å². The Labute approximate surface area is 176 Å². The first-order chi connectivity index (χ1) is 14.6. The summed E-state index contributed by atoms with van der Waals surface area (Å²) in [6.45, 7) is 3.26. The lowest BCUT2D eigenvalue weighted by molar-refractivity contribution is 0.100. The average molecular weight is 408 g/mol. The zero-order chi connectivity index (χ0) is 21.1. The van der Waals surface area contributed by atoms with Gasteiger partial charge in [0.05, 0.1) is 12.1 Å². The van der Waals surface area contributed by atoms with Crippen molar-refractivity contribution in [2.24, 2.45) is 11.7 Å². The molecule has 0 atom stereocenters. The van der Waals surface area contributed by atoms with Crippen LogP contribution >= 0.6 is 0 Å². The number of hydrogen-bond acceptors (Lipinski definition) is 5. The van der Waals surface area contributed by atoms with Gasteiger partial charge in [-0.3, -0.25) is 9.78 Å².